The van der Waals surface area contributed by atoms with Crippen LogP contribution in [0.4, 0.5) is 17.3 Å². The van der Waals surface area contributed by atoms with Gasteiger partial charge in [0.05, 0.1) is 0 Å². The van der Waals surface area contributed by atoms with Crippen molar-refractivity contribution in [2.75, 3.05) is 16.5 Å². The van der Waals surface area contributed by atoms with Gasteiger partial charge in [0.1, 0.15) is 12.0 Å². The largest absolute Gasteiger partial charge is 0.393 e. The molecule has 1 heterocycles. The molecule has 0 spiro atoms. The van der Waals surface area contributed by atoms with Crippen molar-refractivity contribution >= 4 is 28.9 Å². The lowest BCUT2D eigenvalue weighted by molar-refractivity contribution is 1.08. The van der Waals surface area contributed by atoms with E-state index in [2.05, 4.69) is 20.7 Å². The van der Waals surface area contributed by atoms with Crippen LogP contribution in [0.2, 0.25) is 5.02 Å². The highest BCUT2D eigenvalue weighted by molar-refractivity contribution is 6.31. The summed E-state index contributed by atoms with van der Waals surface area (Å²) in [6.07, 6.45) is 1.38. The van der Waals surface area contributed by atoms with Crippen molar-refractivity contribution in [2.24, 2.45) is 5.84 Å². The zero-order valence-corrected chi connectivity index (χ0v) is 10.3. The highest BCUT2D eigenvalue weighted by Gasteiger charge is 2.07. The predicted octanol–water partition coefficient (Wildman–Crippen LogP) is 1.61. The molecule has 7 heteroatoms. The minimum atomic E-state index is 0.368. The Labute approximate surface area is 109 Å². The third-order valence-electron chi connectivity index (χ3n) is 2.42. The van der Waals surface area contributed by atoms with Crippen molar-refractivity contribution < 1.29 is 0 Å². The minimum absolute atomic E-state index is 0.368. The van der Waals surface area contributed by atoms with Crippen molar-refractivity contribution in [2.45, 2.75) is 6.54 Å². The van der Waals surface area contributed by atoms with E-state index in [-0.39, 0.29) is 0 Å². The Balaban J connectivity index is 2.14. The number of anilines is 3. The standard InChI is InChI=1S/C11H13ClN6/c12-8-4-2-1-3-7(8)5-15-10-9(13)11(18-14)17-6-16-10/h1-4,6H,5,13-14H2,(H2,15,16,17,18). The van der Waals surface area contributed by atoms with Crippen LogP contribution in [0.3, 0.4) is 0 Å². The van der Waals surface area contributed by atoms with Crippen LogP contribution in [0.15, 0.2) is 30.6 Å². The molecule has 1 aromatic heterocycles. The molecule has 18 heavy (non-hydrogen) atoms. The molecule has 0 saturated carbocycles. The molecule has 6 N–H and O–H groups in total. The summed E-state index contributed by atoms with van der Waals surface area (Å²) in [5.41, 5.74) is 9.56. The number of benzene rings is 1. The third-order valence-corrected chi connectivity index (χ3v) is 2.79. The lowest BCUT2D eigenvalue weighted by atomic mass is 10.2. The summed E-state index contributed by atoms with van der Waals surface area (Å²) in [7, 11) is 0. The molecular formula is C11H13ClN6. The van der Waals surface area contributed by atoms with Crippen LogP contribution >= 0.6 is 11.6 Å². The van der Waals surface area contributed by atoms with E-state index in [4.69, 9.17) is 23.2 Å². The number of halogens is 1. The smallest absolute Gasteiger partial charge is 0.168 e. The fourth-order valence-electron chi connectivity index (χ4n) is 1.47. The number of nitrogens with two attached hydrogens (primary N) is 2. The fourth-order valence-corrected chi connectivity index (χ4v) is 1.67. The molecule has 0 radical (unpaired) electrons. The maximum absolute atomic E-state index is 6.05. The van der Waals surface area contributed by atoms with Gasteiger partial charge in [0.2, 0.25) is 0 Å². The van der Waals surface area contributed by atoms with Crippen LogP contribution in [0.5, 0.6) is 0 Å². The van der Waals surface area contributed by atoms with Gasteiger partial charge in [-0.1, -0.05) is 29.8 Å². The van der Waals surface area contributed by atoms with Gasteiger partial charge in [0.15, 0.2) is 11.6 Å². The number of hydrogen-bond acceptors (Lipinski definition) is 6. The second kappa shape index (κ2) is 5.52. The summed E-state index contributed by atoms with van der Waals surface area (Å²) in [6.45, 7) is 0.519. The number of nitrogen functional groups attached to an aromatic ring is 2. The average molecular weight is 265 g/mol. The second-order valence-electron chi connectivity index (χ2n) is 3.57. The Bertz CT molecular complexity index is 545. The SMILES string of the molecule is NNc1ncnc(NCc2ccccc2Cl)c1N. The van der Waals surface area contributed by atoms with Gasteiger partial charge in [-0.15, -0.1) is 0 Å². The topological polar surface area (TPSA) is 102 Å². The Morgan fingerprint density at radius 2 is 1.89 bits per heavy atom. The Kier molecular flexibility index (Phi) is 3.81. The molecule has 94 valence electrons. The van der Waals surface area contributed by atoms with Gasteiger partial charge < -0.3 is 16.5 Å². The zero-order chi connectivity index (χ0) is 13.0. The molecule has 0 aliphatic rings. The van der Waals surface area contributed by atoms with Gasteiger partial charge in [-0.05, 0) is 11.6 Å². The molecule has 0 atom stereocenters. The van der Waals surface area contributed by atoms with E-state index in [0.717, 1.165) is 5.56 Å². The van der Waals surface area contributed by atoms with E-state index in [1.165, 1.54) is 6.33 Å². The number of aromatic nitrogens is 2. The third kappa shape index (κ3) is 2.61. The van der Waals surface area contributed by atoms with E-state index in [1.54, 1.807) is 0 Å². The highest BCUT2D eigenvalue weighted by atomic mass is 35.5. The monoisotopic (exact) mass is 264 g/mol. The average Bonchev–Trinajstić information content (AvgIpc) is 2.39. The lowest BCUT2D eigenvalue weighted by Gasteiger charge is -2.11. The first-order valence-corrected chi connectivity index (χ1v) is 5.64. The molecule has 6 nitrogen and oxygen atoms in total. The quantitative estimate of drug-likeness (QED) is 0.494. The van der Waals surface area contributed by atoms with E-state index in [0.29, 0.717) is 28.9 Å². The van der Waals surface area contributed by atoms with Crippen molar-refractivity contribution in [3.63, 3.8) is 0 Å². The van der Waals surface area contributed by atoms with Gasteiger partial charge in [-0.2, -0.15) is 0 Å². The lowest BCUT2D eigenvalue weighted by Crippen LogP contribution is -2.13. The minimum Gasteiger partial charge on any atom is -0.393 e. The zero-order valence-electron chi connectivity index (χ0n) is 9.52. The molecular weight excluding hydrogens is 252 g/mol. The molecule has 0 aliphatic heterocycles. The summed E-state index contributed by atoms with van der Waals surface area (Å²) in [4.78, 5) is 7.94. The van der Waals surface area contributed by atoms with E-state index >= 15 is 0 Å². The highest BCUT2D eigenvalue weighted by Crippen LogP contribution is 2.23. The first-order chi connectivity index (χ1) is 8.72. The van der Waals surface area contributed by atoms with Gasteiger partial charge >= 0.3 is 0 Å². The van der Waals surface area contributed by atoms with E-state index in [1.807, 2.05) is 24.3 Å². The van der Waals surface area contributed by atoms with Crippen molar-refractivity contribution in [3.8, 4) is 0 Å². The molecule has 2 rings (SSSR count). The summed E-state index contributed by atoms with van der Waals surface area (Å²) in [5, 5.41) is 3.78. The van der Waals surface area contributed by atoms with Gasteiger partial charge in [0, 0.05) is 11.6 Å². The summed E-state index contributed by atoms with van der Waals surface area (Å²) < 4.78 is 0. The van der Waals surface area contributed by atoms with Crippen molar-refractivity contribution in [1.82, 2.24) is 9.97 Å². The van der Waals surface area contributed by atoms with Crippen LogP contribution in [0.1, 0.15) is 5.56 Å². The van der Waals surface area contributed by atoms with Gasteiger partial charge in [-0.3, -0.25) is 0 Å². The van der Waals surface area contributed by atoms with Crippen molar-refractivity contribution in [1.29, 1.82) is 0 Å². The van der Waals surface area contributed by atoms with E-state index in [9.17, 15) is 0 Å². The maximum atomic E-state index is 6.05. The Morgan fingerprint density at radius 3 is 2.61 bits per heavy atom. The molecule has 1 aromatic carbocycles. The second-order valence-corrected chi connectivity index (χ2v) is 3.98. The number of hydrogen-bond donors (Lipinski definition) is 4. The van der Waals surface area contributed by atoms with Crippen molar-refractivity contribution in [3.05, 3.63) is 41.2 Å². The van der Waals surface area contributed by atoms with Gasteiger partial charge in [-0.25, -0.2) is 15.8 Å². The number of nitrogens with zero attached hydrogens (tertiary/aromatic N) is 2. The molecule has 0 bridgehead atoms. The summed E-state index contributed by atoms with van der Waals surface area (Å²) >= 11 is 6.05. The maximum Gasteiger partial charge on any atom is 0.168 e. The normalized spacial score (nSPS) is 10.1. The number of nitrogens with one attached hydrogen (secondary N) is 2. The van der Waals surface area contributed by atoms with E-state index < -0.39 is 0 Å². The van der Waals surface area contributed by atoms with Crippen LogP contribution in [0, 0.1) is 0 Å². The first-order valence-electron chi connectivity index (χ1n) is 5.26. The summed E-state index contributed by atoms with van der Waals surface area (Å²) in [6, 6.07) is 7.55. The Hall–Kier alpha value is -2.05. The molecule has 0 saturated heterocycles. The van der Waals surface area contributed by atoms with Crippen LogP contribution in [-0.4, -0.2) is 9.97 Å². The number of rotatable bonds is 4. The number of hydrazine groups is 1. The molecule has 2 aromatic rings. The molecule has 0 fully saturated rings. The summed E-state index contributed by atoms with van der Waals surface area (Å²) in [5.74, 6) is 6.17. The van der Waals surface area contributed by atoms with Crippen LogP contribution < -0.4 is 22.3 Å². The first kappa shape index (κ1) is 12.4. The molecule has 0 unspecified atom stereocenters. The van der Waals surface area contributed by atoms with Crippen LogP contribution in [0.25, 0.3) is 0 Å². The molecule has 0 amide bonds. The van der Waals surface area contributed by atoms with Crippen LogP contribution in [-0.2, 0) is 6.54 Å². The van der Waals surface area contributed by atoms with Gasteiger partial charge in [0.25, 0.3) is 0 Å². The fraction of sp³-hybridized carbons (Fsp3) is 0.0909. The Morgan fingerprint density at radius 1 is 1.17 bits per heavy atom. The predicted molar refractivity (Wildman–Crippen MR) is 73.0 cm³/mol. The molecule has 0 aliphatic carbocycles.